The molecule has 29 heavy (non-hydrogen) atoms. The first-order chi connectivity index (χ1) is 13.9. The van der Waals surface area contributed by atoms with Gasteiger partial charge in [0.25, 0.3) is 5.91 Å². The van der Waals surface area contributed by atoms with Gasteiger partial charge in [-0.1, -0.05) is 19.9 Å². The quantitative estimate of drug-likeness (QED) is 0.558. The molecule has 3 aromatic rings. The SMILES string of the molecule is CCN(CC)S(=O)(=O)c1ccc(C(=O)Nc2cccc(-n3cc[nH]c3=S)c2)cc1. The van der Waals surface area contributed by atoms with Crippen molar-refractivity contribution < 1.29 is 13.2 Å². The van der Waals surface area contributed by atoms with Crippen molar-refractivity contribution in [2.75, 3.05) is 18.4 Å². The van der Waals surface area contributed by atoms with Gasteiger partial charge < -0.3 is 10.3 Å². The summed E-state index contributed by atoms with van der Waals surface area (Å²) < 4.78 is 28.8. The van der Waals surface area contributed by atoms with Crippen LogP contribution in [-0.2, 0) is 10.0 Å². The average molecular weight is 431 g/mol. The summed E-state index contributed by atoms with van der Waals surface area (Å²) >= 11 is 5.22. The molecule has 152 valence electrons. The fraction of sp³-hybridized carbons (Fsp3) is 0.200. The van der Waals surface area contributed by atoms with Crippen LogP contribution in [0.1, 0.15) is 24.2 Å². The van der Waals surface area contributed by atoms with Gasteiger partial charge in [-0.2, -0.15) is 4.31 Å². The fourth-order valence-electron chi connectivity index (χ4n) is 2.95. The Hall–Kier alpha value is -2.75. The molecule has 0 bridgehead atoms. The second kappa shape index (κ2) is 8.73. The maximum atomic E-state index is 12.6. The zero-order chi connectivity index (χ0) is 21.0. The largest absolute Gasteiger partial charge is 0.337 e. The highest BCUT2D eigenvalue weighted by Crippen LogP contribution is 2.19. The Morgan fingerprint density at radius 2 is 1.83 bits per heavy atom. The van der Waals surface area contributed by atoms with Crippen LogP contribution in [-0.4, -0.2) is 41.3 Å². The highest BCUT2D eigenvalue weighted by Gasteiger charge is 2.21. The molecule has 1 aromatic heterocycles. The van der Waals surface area contributed by atoms with E-state index in [2.05, 4.69) is 10.3 Å². The van der Waals surface area contributed by atoms with Crippen molar-refractivity contribution in [2.24, 2.45) is 0 Å². The van der Waals surface area contributed by atoms with Crippen molar-refractivity contribution in [1.82, 2.24) is 13.9 Å². The second-order valence-electron chi connectivity index (χ2n) is 6.25. The lowest BCUT2D eigenvalue weighted by molar-refractivity contribution is 0.102. The Labute approximate surface area is 175 Å². The molecule has 0 aliphatic carbocycles. The number of hydrogen-bond acceptors (Lipinski definition) is 4. The molecule has 0 radical (unpaired) electrons. The molecule has 0 fully saturated rings. The van der Waals surface area contributed by atoms with Gasteiger partial charge >= 0.3 is 0 Å². The van der Waals surface area contributed by atoms with Crippen LogP contribution < -0.4 is 5.32 Å². The summed E-state index contributed by atoms with van der Waals surface area (Å²) in [4.78, 5) is 15.7. The number of hydrogen-bond donors (Lipinski definition) is 2. The molecule has 0 aliphatic rings. The zero-order valence-corrected chi connectivity index (χ0v) is 17.8. The first kappa shape index (κ1) is 21.0. The number of imidazole rings is 1. The van der Waals surface area contributed by atoms with Gasteiger partial charge in [0.15, 0.2) is 4.77 Å². The molecular weight excluding hydrogens is 408 g/mol. The second-order valence-corrected chi connectivity index (χ2v) is 8.58. The van der Waals surface area contributed by atoms with Crippen LogP contribution in [0.3, 0.4) is 0 Å². The van der Waals surface area contributed by atoms with E-state index in [9.17, 15) is 13.2 Å². The Morgan fingerprint density at radius 3 is 2.41 bits per heavy atom. The third-order valence-corrected chi connectivity index (χ3v) is 6.87. The standard InChI is InChI=1S/C20H22N4O3S2/c1-3-23(4-2)29(26,27)18-10-8-15(9-11-18)19(25)22-16-6-5-7-17(14-16)24-13-12-21-20(24)28/h5-14H,3-4H2,1-2H3,(H,21,28)(H,22,25). The number of H-pyrrole nitrogens is 1. The molecule has 0 saturated heterocycles. The lowest BCUT2D eigenvalue weighted by Gasteiger charge is -2.18. The predicted molar refractivity (Wildman–Crippen MR) is 115 cm³/mol. The number of nitrogens with zero attached hydrogens (tertiary/aromatic N) is 2. The highest BCUT2D eigenvalue weighted by molar-refractivity contribution is 7.89. The van der Waals surface area contributed by atoms with Gasteiger partial charge in [0.2, 0.25) is 10.0 Å². The van der Waals surface area contributed by atoms with Crippen molar-refractivity contribution >= 4 is 33.8 Å². The number of aromatic nitrogens is 2. The average Bonchev–Trinajstić information content (AvgIpc) is 3.15. The lowest BCUT2D eigenvalue weighted by Crippen LogP contribution is -2.30. The van der Waals surface area contributed by atoms with Gasteiger partial charge in [-0.25, -0.2) is 8.42 Å². The molecule has 9 heteroatoms. The predicted octanol–water partition coefficient (Wildman–Crippen LogP) is 3.82. The van der Waals surface area contributed by atoms with Crippen molar-refractivity contribution in [2.45, 2.75) is 18.7 Å². The van der Waals surface area contributed by atoms with E-state index in [1.54, 1.807) is 42.9 Å². The number of sulfonamides is 1. The summed E-state index contributed by atoms with van der Waals surface area (Å²) in [5, 5.41) is 2.83. The molecule has 2 aromatic carbocycles. The molecule has 7 nitrogen and oxygen atoms in total. The summed E-state index contributed by atoms with van der Waals surface area (Å²) in [7, 11) is -3.55. The third-order valence-electron chi connectivity index (χ3n) is 4.49. The van der Waals surface area contributed by atoms with Crippen LogP contribution in [0, 0.1) is 4.77 Å². The summed E-state index contributed by atoms with van der Waals surface area (Å²) in [6.07, 6.45) is 3.54. The number of rotatable bonds is 7. The Morgan fingerprint density at radius 1 is 1.14 bits per heavy atom. The normalized spacial score (nSPS) is 11.6. The summed E-state index contributed by atoms with van der Waals surface area (Å²) in [6, 6.07) is 13.2. The van der Waals surface area contributed by atoms with E-state index in [1.807, 2.05) is 12.1 Å². The number of nitrogens with one attached hydrogen (secondary N) is 2. The third kappa shape index (κ3) is 4.47. The highest BCUT2D eigenvalue weighted by atomic mass is 32.2. The van der Waals surface area contributed by atoms with Gasteiger partial charge in [0.1, 0.15) is 0 Å². The molecule has 0 saturated carbocycles. The van der Waals surface area contributed by atoms with Crippen molar-refractivity contribution in [3.8, 4) is 5.69 Å². The summed E-state index contributed by atoms with van der Waals surface area (Å²) in [5.41, 5.74) is 1.79. The minimum atomic E-state index is -3.55. The summed E-state index contributed by atoms with van der Waals surface area (Å²) in [6.45, 7) is 4.36. The first-order valence-electron chi connectivity index (χ1n) is 9.15. The van der Waals surface area contributed by atoms with E-state index in [1.165, 1.54) is 28.6 Å². The number of amides is 1. The van der Waals surface area contributed by atoms with Crippen LogP contribution in [0.2, 0.25) is 0 Å². The minimum Gasteiger partial charge on any atom is -0.337 e. The molecule has 1 heterocycles. The van der Waals surface area contributed by atoms with Crippen molar-refractivity contribution in [3.63, 3.8) is 0 Å². The zero-order valence-electron chi connectivity index (χ0n) is 16.1. The van der Waals surface area contributed by atoms with Gasteiger partial charge in [-0.05, 0) is 54.7 Å². The van der Waals surface area contributed by atoms with Crippen molar-refractivity contribution in [3.05, 3.63) is 71.3 Å². The number of aromatic amines is 1. The monoisotopic (exact) mass is 430 g/mol. The van der Waals surface area contributed by atoms with Crippen LogP contribution >= 0.6 is 12.2 Å². The Kier molecular flexibility index (Phi) is 6.31. The molecule has 2 N–H and O–H groups in total. The van der Waals surface area contributed by atoms with E-state index >= 15 is 0 Å². The van der Waals surface area contributed by atoms with E-state index in [0.29, 0.717) is 29.1 Å². The number of carbonyl (C=O) groups is 1. The van der Waals surface area contributed by atoms with E-state index in [-0.39, 0.29) is 10.8 Å². The molecule has 0 spiro atoms. The molecule has 0 atom stereocenters. The van der Waals surface area contributed by atoms with Crippen LogP contribution in [0.25, 0.3) is 5.69 Å². The van der Waals surface area contributed by atoms with Crippen LogP contribution in [0.4, 0.5) is 5.69 Å². The van der Waals surface area contributed by atoms with E-state index in [0.717, 1.165) is 5.69 Å². The van der Waals surface area contributed by atoms with Gasteiger partial charge in [0.05, 0.1) is 4.90 Å². The van der Waals surface area contributed by atoms with Gasteiger partial charge in [-0.15, -0.1) is 0 Å². The fourth-order valence-corrected chi connectivity index (χ4v) is 4.64. The molecule has 1 amide bonds. The van der Waals surface area contributed by atoms with Gasteiger partial charge in [-0.3, -0.25) is 9.36 Å². The number of carbonyl (C=O) groups excluding carboxylic acids is 1. The van der Waals surface area contributed by atoms with E-state index < -0.39 is 10.0 Å². The topological polar surface area (TPSA) is 87.2 Å². The molecular formula is C20H22N4O3S2. The van der Waals surface area contributed by atoms with Crippen LogP contribution in [0.15, 0.2) is 65.8 Å². The molecule has 3 rings (SSSR count). The number of benzene rings is 2. The van der Waals surface area contributed by atoms with Gasteiger partial charge in [0, 0.05) is 42.4 Å². The van der Waals surface area contributed by atoms with Crippen LogP contribution in [0.5, 0.6) is 0 Å². The maximum absolute atomic E-state index is 12.6. The molecule has 0 aliphatic heterocycles. The molecule has 0 unspecified atom stereocenters. The smallest absolute Gasteiger partial charge is 0.255 e. The lowest BCUT2D eigenvalue weighted by atomic mass is 10.2. The Bertz CT molecular complexity index is 1160. The number of anilines is 1. The Balaban J connectivity index is 1.79. The van der Waals surface area contributed by atoms with E-state index in [4.69, 9.17) is 12.2 Å². The first-order valence-corrected chi connectivity index (χ1v) is 11.0. The summed E-state index contributed by atoms with van der Waals surface area (Å²) in [5.74, 6) is -0.327. The minimum absolute atomic E-state index is 0.168. The maximum Gasteiger partial charge on any atom is 0.255 e. The van der Waals surface area contributed by atoms with Crippen molar-refractivity contribution in [1.29, 1.82) is 0 Å².